The summed E-state index contributed by atoms with van der Waals surface area (Å²) < 4.78 is 40.3. The first kappa shape index (κ1) is 23.2. The van der Waals surface area contributed by atoms with Crippen LogP contribution >= 0.6 is 11.6 Å². The molecule has 2 heterocycles. The Balaban J connectivity index is 1.27. The number of benzene rings is 2. The van der Waals surface area contributed by atoms with E-state index in [4.69, 9.17) is 11.6 Å². The number of hydrogen-bond donors (Lipinski definition) is 0. The second-order valence-electron chi connectivity index (χ2n) is 8.33. The quantitative estimate of drug-likeness (QED) is 0.660. The molecule has 0 aliphatic carbocycles. The van der Waals surface area contributed by atoms with Gasteiger partial charge in [-0.15, -0.1) is 0 Å². The average Bonchev–Trinajstić information content (AvgIpc) is 2.81. The molecule has 0 saturated carbocycles. The highest BCUT2D eigenvalue weighted by atomic mass is 35.5. The van der Waals surface area contributed by atoms with Crippen molar-refractivity contribution >= 4 is 27.5 Å². The van der Waals surface area contributed by atoms with Gasteiger partial charge in [0.1, 0.15) is 5.82 Å². The molecule has 2 fully saturated rings. The van der Waals surface area contributed by atoms with Crippen molar-refractivity contribution in [3.05, 3.63) is 64.9 Å². The summed E-state index contributed by atoms with van der Waals surface area (Å²) in [4.78, 5) is 17.4. The van der Waals surface area contributed by atoms with Crippen LogP contribution in [0.5, 0.6) is 0 Å². The Hall–Kier alpha value is -2.00. The molecule has 0 N–H and O–H groups in total. The summed E-state index contributed by atoms with van der Waals surface area (Å²) in [7, 11) is -3.51. The standard InChI is InChI=1S/C23H27ClFN3O3S/c24-22-16-20(25)7-6-19(22)17-26-12-14-27(15-13-26)23(29)18-8-10-28(11-9-18)32(30,31)21-4-2-1-3-5-21/h1-7,16,18H,8-15,17H2. The number of sulfonamides is 1. The fourth-order valence-corrected chi connectivity index (χ4v) is 6.08. The summed E-state index contributed by atoms with van der Waals surface area (Å²) in [5, 5.41) is 0.417. The molecule has 2 aromatic carbocycles. The number of piperazine rings is 1. The molecule has 0 spiro atoms. The minimum Gasteiger partial charge on any atom is -0.340 e. The van der Waals surface area contributed by atoms with Gasteiger partial charge in [-0.2, -0.15) is 4.31 Å². The third-order valence-electron chi connectivity index (χ3n) is 6.28. The normalized spacial score (nSPS) is 19.2. The SMILES string of the molecule is O=C(C1CCN(S(=O)(=O)c2ccccc2)CC1)N1CCN(Cc2ccc(F)cc2Cl)CC1. The zero-order valence-electron chi connectivity index (χ0n) is 17.8. The monoisotopic (exact) mass is 479 g/mol. The number of halogens is 2. The van der Waals surface area contributed by atoms with E-state index in [2.05, 4.69) is 4.90 Å². The highest BCUT2D eigenvalue weighted by molar-refractivity contribution is 7.89. The maximum atomic E-state index is 13.2. The molecule has 2 saturated heterocycles. The molecule has 6 nitrogen and oxygen atoms in total. The lowest BCUT2D eigenvalue weighted by Crippen LogP contribution is -2.51. The Morgan fingerprint density at radius 2 is 1.62 bits per heavy atom. The molecule has 2 aliphatic rings. The number of amides is 1. The number of hydrogen-bond acceptors (Lipinski definition) is 4. The largest absolute Gasteiger partial charge is 0.340 e. The summed E-state index contributed by atoms with van der Waals surface area (Å²) in [5.74, 6) is -0.381. The van der Waals surface area contributed by atoms with Crippen molar-refractivity contribution in [1.29, 1.82) is 0 Å². The van der Waals surface area contributed by atoms with Gasteiger partial charge in [0.15, 0.2) is 0 Å². The fraction of sp³-hybridized carbons (Fsp3) is 0.435. The molecule has 0 aromatic heterocycles. The fourth-order valence-electron chi connectivity index (χ4n) is 4.36. The number of nitrogens with zero attached hydrogens (tertiary/aromatic N) is 3. The van der Waals surface area contributed by atoms with Gasteiger partial charge in [-0.25, -0.2) is 12.8 Å². The molecule has 32 heavy (non-hydrogen) atoms. The Bertz CT molecular complexity index is 1050. The van der Waals surface area contributed by atoms with E-state index in [1.807, 2.05) is 4.90 Å². The minimum atomic E-state index is -3.51. The molecule has 2 aliphatic heterocycles. The molecule has 0 atom stereocenters. The van der Waals surface area contributed by atoms with Crippen molar-refractivity contribution in [2.24, 2.45) is 5.92 Å². The topological polar surface area (TPSA) is 60.9 Å². The van der Waals surface area contributed by atoms with Crippen LogP contribution in [-0.2, 0) is 21.4 Å². The highest BCUT2D eigenvalue weighted by Crippen LogP contribution is 2.26. The zero-order chi connectivity index (χ0) is 22.7. The molecule has 172 valence electrons. The maximum Gasteiger partial charge on any atom is 0.243 e. The molecular formula is C23H27ClFN3O3S. The van der Waals surface area contributed by atoms with Gasteiger partial charge < -0.3 is 4.90 Å². The van der Waals surface area contributed by atoms with Gasteiger partial charge in [-0.3, -0.25) is 9.69 Å². The summed E-state index contributed by atoms with van der Waals surface area (Å²) in [5.41, 5.74) is 0.875. The average molecular weight is 480 g/mol. The molecule has 0 radical (unpaired) electrons. The third kappa shape index (κ3) is 5.14. The van der Waals surface area contributed by atoms with Crippen LogP contribution in [0.2, 0.25) is 5.02 Å². The summed E-state index contributed by atoms with van der Waals surface area (Å²) >= 11 is 6.13. The van der Waals surface area contributed by atoms with Crippen molar-refractivity contribution in [2.45, 2.75) is 24.3 Å². The Kier molecular flexibility index (Phi) is 7.14. The van der Waals surface area contributed by atoms with Gasteiger partial charge in [-0.05, 0) is 42.7 Å². The van der Waals surface area contributed by atoms with Crippen molar-refractivity contribution in [3.8, 4) is 0 Å². The van der Waals surface area contributed by atoms with Crippen LogP contribution in [0.3, 0.4) is 0 Å². The lowest BCUT2D eigenvalue weighted by atomic mass is 9.96. The van der Waals surface area contributed by atoms with Gasteiger partial charge in [0.25, 0.3) is 0 Å². The van der Waals surface area contributed by atoms with E-state index in [9.17, 15) is 17.6 Å². The predicted octanol–water partition coefficient (Wildman–Crippen LogP) is 3.22. The Labute approximate surface area is 193 Å². The molecule has 0 unspecified atom stereocenters. The maximum absolute atomic E-state index is 13.2. The van der Waals surface area contributed by atoms with Gasteiger partial charge in [0, 0.05) is 56.8 Å². The van der Waals surface area contributed by atoms with Crippen LogP contribution < -0.4 is 0 Å². The van der Waals surface area contributed by atoms with E-state index in [1.165, 1.54) is 16.4 Å². The van der Waals surface area contributed by atoms with E-state index in [0.717, 1.165) is 18.7 Å². The number of rotatable bonds is 5. The highest BCUT2D eigenvalue weighted by Gasteiger charge is 2.34. The molecule has 4 rings (SSSR count). The third-order valence-corrected chi connectivity index (χ3v) is 8.54. The lowest BCUT2D eigenvalue weighted by Gasteiger charge is -2.38. The first-order valence-electron chi connectivity index (χ1n) is 10.8. The lowest BCUT2D eigenvalue weighted by molar-refractivity contribution is -0.138. The van der Waals surface area contributed by atoms with Crippen molar-refractivity contribution < 1.29 is 17.6 Å². The van der Waals surface area contributed by atoms with E-state index in [1.54, 1.807) is 36.4 Å². The van der Waals surface area contributed by atoms with Crippen LogP contribution in [0.25, 0.3) is 0 Å². The Morgan fingerprint density at radius 3 is 2.25 bits per heavy atom. The van der Waals surface area contributed by atoms with Gasteiger partial charge >= 0.3 is 0 Å². The van der Waals surface area contributed by atoms with Crippen molar-refractivity contribution in [2.75, 3.05) is 39.3 Å². The smallest absolute Gasteiger partial charge is 0.243 e. The van der Waals surface area contributed by atoms with E-state index < -0.39 is 10.0 Å². The first-order chi connectivity index (χ1) is 15.3. The van der Waals surface area contributed by atoms with E-state index in [-0.39, 0.29) is 17.6 Å². The van der Waals surface area contributed by atoms with Crippen LogP contribution in [-0.4, -0.2) is 67.7 Å². The van der Waals surface area contributed by atoms with Crippen LogP contribution in [0.4, 0.5) is 4.39 Å². The number of carbonyl (C=O) groups excluding carboxylic acids is 1. The molecule has 0 bridgehead atoms. The summed E-state index contributed by atoms with van der Waals surface area (Å²) in [6, 6.07) is 12.9. The Morgan fingerprint density at radius 1 is 0.969 bits per heavy atom. The molecule has 2 aromatic rings. The number of piperidine rings is 1. The van der Waals surface area contributed by atoms with Gasteiger partial charge in [0.05, 0.1) is 4.90 Å². The summed E-state index contributed by atoms with van der Waals surface area (Å²) in [6.45, 7) is 4.03. The van der Waals surface area contributed by atoms with Gasteiger partial charge in [-0.1, -0.05) is 35.9 Å². The molecule has 9 heteroatoms. The van der Waals surface area contributed by atoms with E-state index in [0.29, 0.717) is 55.5 Å². The first-order valence-corrected chi connectivity index (χ1v) is 12.7. The molecular weight excluding hydrogens is 453 g/mol. The second-order valence-corrected chi connectivity index (χ2v) is 10.7. The summed E-state index contributed by atoms with van der Waals surface area (Å²) in [6.07, 6.45) is 1.08. The zero-order valence-corrected chi connectivity index (χ0v) is 19.4. The van der Waals surface area contributed by atoms with Crippen LogP contribution in [0, 0.1) is 11.7 Å². The van der Waals surface area contributed by atoms with E-state index >= 15 is 0 Å². The van der Waals surface area contributed by atoms with Crippen molar-refractivity contribution in [1.82, 2.24) is 14.1 Å². The minimum absolute atomic E-state index is 0.112. The predicted molar refractivity (Wildman–Crippen MR) is 121 cm³/mol. The van der Waals surface area contributed by atoms with Crippen molar-refractivity contribution in [3.63, 3.8) is 0 Å². The number of carbonyl (C=O) groups is 1. The molecule has 1 amide bonds. The second kappa shape index (κ2) is 9.87. The van der Waals surface area contributed by atoms with Crippen LogP contribution in [0.15, 0.2) is 53.4 Å². The van der Waals surface area contributed by atoms with Crippen LogP contribution in [0.1, 0.15) is 18.4 Å². The van der Waals surface area contributed by atoms with Gasteiger partial charge in [0.2, 0.25) is 15.9 Å².